The Labute approximate surface area is 304 Å². The van der Waals surface area contributed by atoms with E-state index in [1.807, 2.05) is 60.7 Å². The van der Waals surface area contributed by atoms with Gasteiger partial charge in [-0.15, -0.1) is 0 Å². The van der Waals surface area contributed by atoms with Crippen LogP contribution < -0.4 is 36.7 Å². The molecular weight excluding hydrogens is 738 g/mol. The van der Waals surface area contributed by atoms with Crippen LogP contribution in [0.25, 0.3) is 0 Å². The van der Waals surface area contributed by atoms with E-state index in [0.29, 0.717) is 0 Å². The third-order valence-electron chi connectivity index (χ3n) is 9.24. The zero-order valence-corrected chi connectivity index (χ0v) is 31.6. The van der Waals surface area contributed by atoms with Gasteiger partial charge < -0.3 is 0 Å². The summed E-state index contributed by atoms with van der Waals surface area (Å²) in [7, 11) is 0. The molecule has 6 aromatic carbocycles. The Morgan fingerprint density at radius 3 is 1.00 bits per heavy atom. The predicted molar refractivity (Wildman–Crippen MR) is 209 cm³/mol. The fourth-order valence-electron chi connectivity index (χ4n) is 6.85. The summed E-state index contributed by atoms with van der Waals surface area (Å²) in [5.41, 5.74) is 1.45. The summed E-state index contributed by atoms with van der Waals surface area (Å²) in [5, 5.41) is 6.82. The Bertz CT molecular complexity index is 1800. The van der Waals surface area contributed by atoms with Gasteiger partial charge in [0.15, 0.2) is 0 Å². The second-order valence-corrected chi connectivity index (χ2v) is 21.7. The number of hydrogen-bond donors (Lipinski definition) is 2. The minimum atomic E-state index is -2.03. The zero-order chi connectivity index (χ0) is 34.1. The summed E-state index contributed by atoms with van der Waals surface area (Å²) in [4.78, 5) is 28.5. The SMILES string of the molecule is O=C(N[C@@H]1CCCC[C@H]1NC(=O)c1ccccc1[As](c1ccccc1)c1ccccc1)c1ccccc1[As](c1ccccc1)c1ccccc1. The number of hydrogen-bond acceptors (Lipinski definition) is 2. The first-order valence-corrected chi connectivity index (χ1v) is 22.9. The van der Waals surface area contributed by atoms with Crippen LogP contribution in [0.4, 0.5) is 0 Å². The van der Waals surface area contributed by atoms with Crippen LogP contribution in [0.2, 0.25) is 0 Å². The van der Waals surface area contributed by atoms with Crippen LogP contribution in [-0.4, -0.2) is 53.2 Å². The van der Waals surface area contributed by atoms with Gasteiger partial charge >= 0.3 is 306 Å². The molecule has 1 aliphatic rings. The van der Waals surface area contributed by atoms with E-state index in [4.69, 9.17) is 0 Å². The summed E-state index contributed by atoms with van der Waals surface area (Å²) in [6, 6.07) is 58.2. The van der Waals surface area contributed by atoms with Gasteiger partial charge in [0, 0.05) is 0 Å². The molecule has 0 unspecified atom stereocenters. The van der Waals surface area contributed by atoms with Crippen molar-refractivity contribution in [3.8, 4) is 0 Å². The second-order valence-electron chi connectivity index (χ2n) is 12.5. The molecule has 0 aliphatic heterocycles. The fraction of sp³-hybridized carbons (Fsp3) is 0.136. The maximum atomic E-state index is 14.3. The fourth-order valence-corrected chi connectivity index (χ4v) is 17.1. The summed E-state index contributed by atoms with van der Waals surface area (Å²) < 4.78 is 7.33. The van der Waals surface area contributed by atoms with E-state index in [1.165, 1.54) is 17.4 Å². The van der Waals surface area contributed by atoms with Gasteiger partial charge in [-0.2, -0.15) is 0 Å². The van der Waals surface area contributed by atoms with Gasteiger partial charge in [-0.05, 0) is 0 Å². The van der Waals surface area contributed by atoms with Crippen molar-refractivity contribution < 1.29 is 9.59 Å². The van der Waals surface area contributed by atoms with Crippen LogP contribution in [0.5, 0.6) is 0 Å². The Balaban J connectivity index is 1.15. The molecule has 50 heavy (non-hydrogen) atoms. The van der Waals surface area contributed by atoms with E-state index in [0.717, 1.165) is 45.5 Å². The van der Waals surface area contributed by atoms with Gasteiger partial charge in [-0.25, -0.2) is 0 Å². The van der Waals surface area contributed by atoms with Crippen molar-refractivity contribution in [2.75, 3.05) is 0 Å². The van der Waals surface area contributed by atoms with Crippen molar-refractivity contribution in [3.63, 3.8) is 0 Å². The van der Waals surface area contributed by atoms with E-state index < -0.39 is 29.3 Å². The summed E-state index contributed by atoms with van der Waals surface area (Å²) in [6.07, 6.45) is 3.67. The summed E-state index contributed by atoms with van der Waals surface area (Å²) >= 11 is -4.05. The molecule has 0 spiro atoms. The molecule has 0 bridgehead atoms. The molecule has 1 fully saturated rings. The first kappa shape index (κ1) is 33.9. The number of rotatable bonds is 10. The van der Waals surface area contributed by atoms with Crippen molar-refractivity contribution in [1.29, 1.82) is 0 Å². The van der Waals surface area contributed by atoms with Crippen molar-refractivity contribution in [3.05, 3.63) is 181 Å². The van der Waals surface area contributed by atoms with Gasteiger partial charge in [-0.1, -0.05) is 0 Å². The Morgan fingerprint density at radius 2 is 0.680 bits per heavy atom. The molecule has 1 aliphatic carbocycles. The zero-order valence-electron chi connectivity index (χ0n) is 27.9. The predicted octanol–water partition coefficient (Wildman–Crippen LogP) is 4.19. The molecule has 0 saturated heterocycles. The van der Waals surface area contributed by atoms with Crippen LogP contribution in [0.3, 0.4) is 0 Å². The van der Waals surface area contributed by atoms with E-state index in [9.17, 15) is 9.59 Å². The van der Waals surface area contributed by atoms with Crippen molar-refractivity contribution in [2.24, 2.45) is 0 Å². The van der Waals surface area contributed by atoms with Gasteiger partial charge in [-0.3, -0.25) is 0 Å². The molecule has 0 radical (unpaired) electrons. The topological polar surface area (TPSA) is 58.2 Å². The summed E-state index contributed by atoms with van der Waals surface area (Å²) in [6.45, 7) is 0. The normalized spacial score (nSPS) is 15.8. The first-order chi connectivity index (χ1) is 24.7. The average Bonchev–Trinajstić information content (AvgIpc) is 3.18. The van der Waals surface area contributed by atoms with E-state index in [1.54, 1.807) is 0 Å². The van der Waals surface area contributed by atoms with E-state index >= 15 is 0 Å². The molecule has 2 amide bonds. The quantitative estimate of drug-likeness (QED) is 0.205. The van der Waals surface area contributed by atoms with E-state index in [-0.39, 0.29) is 23.9 Å². The number of nitrogens with one attached hydrogen (secondary N) is 2. The molecular formula is C44H40As2N2O2. The third-order valence-corrected chi connectivity index (χ3v) is 19.7. The van der Waals surface area contributed by atoms with Crippen LogP contribution in [0.1, 0.15) is 46.4 Å². The minimum absolute atomic E-state index is 0.0700. The molecule has 248 valence electrons. The number of carbonyl (C=O) groups excluding carboxylic acids is 2. The molecule has 2 N–H and O–H groups in total. The summed E-state index contributed by atoms with van der Waals surface area (Å²) in [5.74, 6) is -0.140. The van der Waals surface area contributed by atoms with Crippen LogP contribution in [-0.2, 0) is 0 Å². The number of amides is 2. The van der Waals surface area contributed by atoms with Crippen molar-refractivity contribution >= 4 is 67.2 Å². The van der Waals surface area contributed by atoms with Gasteiger partial charge in [0.05, 0.1) is 0 Å². The van der Waals surface area contributed by atoms with E-state index in [2.05, 4.69) is 120 Å². The molecule has 0 aromatic heterocycles. The number of benzene rings is 6. The monoisotopic (exact) mass is 778 g/mol. The van der Waals surface area contributed by atoms with Gasteiger partial charge in [0.1, 0.15) is 0 Å². The van der Waals surface area contributed by atoms with Crippen LogP contribution in [0.15, 0.2) is 170 Å². The third kappa shape index (κ3) is 7.73. The number of carbonyl (C=O) groups is 2. The molecule has 2 atom stereocenters. The molecule has 7 rings (SSSR count). The average molecular weight is 779 g/mol. The van der Waals surface area contributed by atoms with Crippen molar-refractivity contribution in [1.82, 2.24) is 10.6 Å². The maximum absolute atomic E-state index is 14.3. The first-order valence-electron chi connectivity index (χ1n) is 17.3. The Kier molecular flexibility index (Phi) is 11.1. The van der Waals surface area contributed by atoms with Crippen LogP contribution >= 0.6 is 0 Å². The molecule has 6 heteroatoms. The van der Waals surface area contributed by atoms with Crippen molar-refractivity contribution in [2.45, 2.75) is 37.8 Å². The molecule has 1 saturated carbocycles. The molecule has 0 heterocycles. The second kappa shape index (κ2) is 16.4. The molecule has 6 aromatic rings. The van der Waals surface area contributed by atoms with Gasteiger partial charge in [0.25, 0.3) is 0 Å². The standard InChI is InChI=1S/C44H40As2N2O2/c49-43(37-27-13-15-29-39(37)45(33-19-5-1-6-20-33)34-21-7-2-8-22-34)47-41-31-17-18-32-42(41)48-44(50)38-28-14-16-30-40(38)46(35-23-9-3-10-24-35)36-25-11-4-12-26-36/h1-16,19-30,41-42H,17-18,31-32H2,(H,47,49)(H,48,50)/t41-,42-/m1/s1. The van der Waals surface area contributed by atoms with Crippen LogP contribution in [0, 0.1) is 0 Å². The Hall–Kier alpha value is -4.62. The molecule has 4 nitrogen and oxygen atoms in total. The Morgan fingerprint density at radius 1 is 0.400 bits per heavy atom. The van der Waals surface area contributed by atoms with Gasteiger partial charge in [0.2, 0.25) is 0 Å².